The van der Waals surface area contributed by atoms with Crippen molar-refractivity contribution in [2.24, 2.45) is 20.0 Å². The summed E-state index contributed by atoms with van der Waals surface area (Å²) in [6, 6.07) is 0. The van der Waals surface area contributed by atoms with Crippen LogP contribution in [0.3, 0.4) is 0 Å². The number of nitrogens with zero attached hydrogens (tertiary/aromatic N) is 5. The van der Waals surface area contributed by atoms with Crippen molar-refractivity contribution in [3.63, 3.8) is 0 Å². The maximum Gasteiger partial charge on any atom is 0.147 e. The average molecular weight is 303 g/mol. The molecule has 0 saturated heterocycles. The molecule has 0 atom stereocenters. The van der Waals surface area contributed by atoms with Crippen molar-refractivity contribution < 1.29 is 0 Å². The van der Waals surface area contributed by atoms with E-state index in [9.17, 15) is 0 Å². The van der Waals surface area contributed by atoms with Crippen LogP contribution in [0.4, 0.5) is 0 Å². The van der Waals surface area contributed by atoms with Crippen molar-refractivity contribution in [2.45, 2.75) is 64.2 Å². The highest BCUT2D eigenvalue weighted by atomic mass is 15.1. The molecule has 0 saturated carbocycles. The Hall–Kier alpha value is -1.36. The third-order valence-corrected chi connectivity index (χ3v) is 4.33. The third kappa shape index (κ3) is 5.13. The standard InChI is InChI=1S/C17H29N5/c1-4-13-22(14-5-7-16(2)18-9-10-19-16)15-6-8-17(3)20-11-12-21-17/h9-12H,4-8,13-15H2,1-3H3. The third-order valence-electron chi connectivity index (χ3n) is 4.33. The zero-order valence-corrected chi connectivity index (χ0v) is 14.2. The summed E-state index contributed by atoms with van der Waals surface area (Å²) in [5.41, 5.74) is -0.419. The van der Waals surface area contributed by atoms with Crippen molar-refractivity contribution in [3.05, 3.63) is 0 Å². The Balaban J connectivity index is 1.68. The van der Waals surface area contributed by atoms with Crippen LogP contribution in [0.15, 0.2) is 20.0 Å². The van der Waals surface area contributed by atoms with Crippen molar-refractivity contribution >= 4 is 24.9 Å². The molecule has 0 spiro atoms. The van der Waals surface area contributed by atoms with Gasteiger partial charge in [-0.2, -0.15) is 0 Å². The van der Waals surface area contributed by atoms with E-state index in [-0.39, 0.29) is 11.3 Å². The average Bonchev–Trinajstić information content (AvgIpc) is 3.09. The van der Waals surface area contributed by atoms with Gasteiger partial charge < -0.3 is 4.90 Å². The monoisotopic (exact) mass is 303 g/mol. The van der Waals surface area contributed by atoms with Gasteiger partial charge >= 0.3 is 0 Å². The molecule has 0 fully saturated rings. The van der Waals surface area contributed by atoms with Gasteiger partial charge in [-0.1, -0.05) is 6.92 Å². The van der Waals surface area contributed by atoms with Crippen LogP contribution in [-0.2, 0) is 0 Å². The van der Waals surface area contributed by atoms with Gasteiger partial charge in [-0.05, 0) is 65.6 Å². The lowest BCUT2D eigenvalue weighted by molar-refractivity contribution is 0.246. The molecular weight excluding hydrogens is 274 g/mol. The Morgan fingerprint density at radius 1 is 0.727 bits per heavy atom. The Morgan fingerprint density at radius 3 is 1.50 bits per heavy atom. The van der Waals surface area contributed by atoms with Crippen LogP contribution in [0.2, 0.25) is 0 Å². The first kappa shape index (κ1) is 17.0. The van der Waals surface area contributed by atoms with Gasteiger partial charge in [-0.3, -0.25) is 20.0 Å². The fraction of sp³-hybridized carbons (Fsp3) is 0.765. The van der Waals surface area contributed by atoms with Crippen molar-refractivity contribution in [1.29, 1.82) is 0 Å². The molecule has 0 aromatic heterocycles. The molecule has 2 rings (SSSR count). The van der Waals surface area contributed by atoms with Crippen molar-refractivity contribution in [3.8, 4) is 0 Å². The maximum atomic E-state index is 4.44. The van der Waals surface area contributed by atoms with Crippen LogP contribution in [0, 0.1) is 0 Å². The van der Waals surface area contributed by atoms with Crippen LogP contribution >= 0.6 is 0 Å². The number of aliphatic imine (C=N–C) groups is 4. The molecule has 0 aromatic rings. The molecule has 2 aliphatic rings. The van der Waals surface area contributed by atoms with E-state index in [1.807, 2.05) is 24.9 Å². The largest absolute Gasteiger partial charge is 0.303 e. The minimum Gasteiger partial charge on any atom is -0.303 e. The molecule has 22 heavy (non-hydrogen) atoms. The summed E-state index contributed by atoms with van der Waals surface area (Å²) in [5.74, 6) is 0. The maximum absolute atomic E-state index is 4.44. The number of rotatable bonds is 10. The molecule has 2 heterocycles. The minimum atomic E-state index is -0.210. The van der Waals surface area contributed by atoms with E-state index < -0.39 is 0 Å². The fourth-order valence-electron chi connectivity index (χ4n) is 3.03. The topological polar surface area (TPSA) is 52.7 Å². The summed E-state index contributed by atoms with van der Waals surface area (Å²) < 4.78 is 0. The van der Waals surface area contributed by atoms with Crippen LogP contribution < -0.4 is 0 Å². The number of hydrogen-bond acceptors (Lipinski definition) is 5. The van der Waals surface area contributed by atoms with Crippen LogP contribution in [0.1, 0.15) is 52.9 Å². The van der Waals surface area contributed by atoms with Crippen molar-refractivity contribution in [2.75, 3.05) is 19.6 Å². The lowest BCUT2D eigenvalue weighted by Crippen LogP contribution is -2.30. The molecule has 0 aromatic carbocycles. The lowest BCUT2D eigenvalue weighted by atomic mass is 10.1. The molecule has 0 amide bonds. The van der Waals surface area contributed by atoms with Gasteiger partial charge in [0.05, 0.1) is 0 Å². The Labute approximate surface area is 134 Å². The normalized spacial score (nSPS) is 20.5. The highest BCUT2D eigenvalue weighted by Gasteiger charge is 2.24. The highest BCUT2D eigenvalue weighted by molar-refractivity contribution is 6.18. The SMILES string of the molecule is CCCN(CCCC1(C)N=CC=N1)CCCC1(C)N=CC=N1. The van der Waals surface area contributed by atoms with Gasteiger partial charge in [-0.15, -0.1) is 0 Å². The van der Waals surface area contributed by atoms with Crippen LogP contribution in [0.25, 0.3) is 0 Å². The van der Waals surface area contributed by atoms with E-state index >= 15 is 0 Å². The molecule has 2 aliphatic heterocycles. The van der Waals surface area contributed by atoms with E-state index in [0.717, 1.165) is 45.3 Å². The fourth-order valence-corrected chi connectivity index (χ4v) is 3.03. The van der Waals surface area contributed by atoms with Gasteiger partial charge in [-0.25, -0.2) is 0 Å². The smallest absolute Gasteiger partial charge is 0.147 e. The molecule has 0 radical (unpaired) electrons. The molecule has 122 valence electrons. The molecule has 0 aliphatic carbocycles. The summed E-state index contributed by atoms with van der Waals surface area (Å²) >= 11 is 0. The summed E-state index contributed by atoms with van der Waals surface area (Å²) in [5, 5.41) is 0. The highest BCUT2D eigenvalue weighted by Crippen LogP contribution is 2.23. The predicted octanol–water partition coefficient (Wildman–Crippen LogP) is 3.00. The zero-order valence-electron chi connectivity index (χ0n) is 14.2. The summed E-state index contributed by atoms with van der Waals surface area (Å²) in [7, 11) is 0. The summed E-state index contributed by atoms with van der Waals surface area (Å²) in [4.78, 5) is 20.3. The second-order valence-corrected chi connectivity index (χ2v) is 6.60. The van der Waals surface area contributed by atoms with Gasteiger partial charge in [0, 0.05) is 24.9 Å². The first-order valence-electron chi connectivity index (χ1n) is 8.46. The van der Waals surface area contributed by atoms with Crippen LogP contribution in [0.5, 0.6) is 0 Å². The Bertz CT molecular complexity index is 400. The van der Waals surface area contributed by atoms with E-state index in [1.165, 1.54) is 6.42 Å². The van der Waals surface area contributed by atoms with Crippen molar-refractivity contribution in [1.82, 2.24) is 4.90 Å². The van der Waals surface area contributed by atoms with E-state index in [4.69, 9.17) is 0 Å². The Morgan fingerprint density at radius 2 is 1.14 bits per heavy atom. The second-order valence-electron chi connectivity index (χ2n) is 6.60. The molecule has 0 bridgehead atoms. The molecule has 0 N–H and O–H groups in total. The quantitative estimate of drug-likeness (QED) is 0.612. The Kier molecular flexibility index (Phi) is 6.00. The number of hydrogen-bond donors (Lipinski definition) is 0. The van der Waals surface area contributed by atoms with Crippen LogP contribution in [-0.4, -0.2) is 60.7 Å². The first-order valence-corrected chi connectivity index (χ1v) is 8.46. The van der Waals surface area contributed by atoms with Gasteiger partial charge in [0.2, 0.25) is 0 Å². The zero-order chi connectivity index (χ0) is 15.9. The molecule has 5 heteroatoms. The van der Waals surface area contributed by atoms with Gasteiger partial charge in [0.15, 0.2) is 0 Å². The van der Waals surface area contributed by atoms with E-state index in [0.29, 0.717) is 0 Å². The second kappa shape index (κ2) is 7.77. The predicted molar refractivity (Wildman–Crippen MR) is 96.0 cm³/mol. The van der Waals surface area contributed by atoms with Gasteiger partial charge in [0.1, 0.15) is 11.3 Å². The summed E-state index contributed by atoms with van der Waals surface area (Å²) in [6.45, 7) is 9.86. The summed E-state index contributed by atoms with van der Waals surface area (Å²) in [6.07, 6.45) is 12.8. The molecule has 5 nitrogen and oxygen atoms in total. The first-order chi connectivity index (χ1) is 10.6. The molecular formula is C17H29N5. The van der Waals surface area contributed by atoms with Gasteiger partial charge in [0.25, 0.3) is 0 Å². The van der Waals surface area contributed by atoms with E-state index in [1.54, 1.807) is 0 Å². The van der Waals surface area contributed by atoms with E-state index in [2.05, 4.69) is 45.6 Å². The lowest BCUT2D eigenvalue weighted by Gasteiger charge is -2.25. The molecule has 0 unspecified atom stereocenters. The minimum absolute atomic E-state index is 0.210.